The predicted octanol–water partition coefficient (Wildman–Crippen LogP) is 1.71. The van der Waals surface area contributed by atoms with Crippen LogP contribution < -0.4 is 0 Å². The van der Waals surface area contributed by atoms with Gasteiger partial charge in [-0.25, -0.2) is 0 Å². The van der Waals surface area contributed by atoms with E-state index in [2.05, 4.69) is 11.9 Å². The Morgan fingerprint density at radius 2 is 2.22 bits per heavy atom. The average Bonchev–Trinajstić information content (AvgIpc) is 1.60. The molecule has 1 aliphatic rings. The lowest BCUT2D eigenvalue weighted by atomic mass is 9.92. The first-order valence-corrected chi connectivity index (χ1v) is 4.14. The van der Waals surface area contributed by atoms with E-state index in [9.17, 15) is 0 Å². The van der Waals surface area contributed by atoms with E-state index in [-0.39, 0.29) is 0 Å². The highest BCUT2D eigenvalue weighted by Crippen LogP contribution is 2.22. The van der Waals surface area contributed by atoms with Gasteiger partial charge in [0, 0.05) is 18.5 Å². The molecule has 1 rings (SSSR count). The first-order valence-electron chi connectivity index (χ1n) is 3.61. The molecule has 0 bridgehead atoms. The fourth-order valence-electron chi connectivity index (χ4n) is 1.14. The Labute approximate surface area is 62.0 Å². The van der Waals surface area contributed by atoms with Crippen molar-refractivity contribution in [2.45, 2.75) is 25.3 Å². The van der Waals surface area contributed by atoms with E-state index < -0.39 is 0 Å². The summed E-state index contributed by atoms with van der Waals surface area (Å²) in [5.74, 6) is 0.771. The van der Waals surface area contributed by atoms with E-state index >= 15 is 0 Å². The van der Waals surface area contributed by atoms with E-state index in [1.54, 1.807) is 0 Å². The number of hydrogen-bond donors (Lipinski definition) is 0. The summed E-state index contributed by atoms with van der Waals surface area (Å²) in [6, 6.07) is 0.851. The number of rotatable bonds is 3. The molecule has 0 radical (unpaired) electrons. The van der Waals surface area contributed by atoms with Gasteiger partial charge in [-0.1, -0.05) is 6.42 Å². The van der Waals surface area contributed by atoms with Crippen molar-refractivity contribution in [3.05, 3.63) is 0 Å². The minimum Gasteiger partial charge on any atom is -0.302 e. The van der Waals surface area contributed by atoms with Gasteiger partial charge in [-0.2, -0.15) is 0 Å². The van der Waals surface area contributed by atoms with Gasteiger partial charge >= 0.3 is 0 Å². The second kappa shape index (κ2) is 3.43. The van der Waals surface area contributed by atoms with Gasteiger partial charge < -0.3 is 4.90 Å². The van der Waals surface area contributed by atoms with E-state index in [0.717, 1.165) is 18.5 Å². The van der Waals surface area contributed by atoms with Crippen LogP contribution in [-0.2, 0) is 0 Å². The maximum absolute atomic E-state index is 5.58. The molecule has 0 aliphatic heterocycles. The highest BCUT2D eigenvalue weighted by atomic mass is 35.5. The Morgan fingerprint density at radius 3 is 2.56 bits per heavy atom. The standard InChI is InChI=1S/C7H14ClN/c1-9(6-5-8)7-3-2-4-7/h7H,2-6H2,1H3. The molecular formula is C7H14ClN. The molecule has 2 heteroatoms. The van der Waals surface area contributed by atoms with Crippen molar-refractivity contribution >= 4 is 11.6 Å². The summed E-state index contributed by atoms with van der Waals surface area (Å²) in [5.41, 5.74) is 0. The summed E-state index contributed by atoms with van der Waals surface area (Å²) in [6.45, 7) is 1.05. The Morgan fingerprint density at radius 1 is 1.56 bits per heavy atom. The van der Waals surface area contributed by atoms with Crippen molar-refractivity contribution in [2.24, 2.45) is 0 Å². The van der Waals surface area contributed by atoms with Crippen LogP contribution in [0.25, 0.3) is 0 Å². The fourth-order valence-corrected chi connectivity index (χ4v) is 1.41. The minimum atomic E-state index is 0.771. The molecule has 0 aromatic heterocycles. The molecule has 0 aromatic rings. The second-order valence-electron chi connectivity index (χ2n) is 2.75. The molecule has 0 aromatic carbocycles. The summed E-state index contributed by atoms with van der Waals surface area (Å²) >= 11 is 5.58. The maximum atomic E-state index is 5.58. The first-order chi connectivity index (χ1) is 4.34. The molecular weight excluding hydrogens is 134 g/mol. The van der Waals surface area contributed by atoms with Gasteiger partial charge in [-0.15, -0.1) is 11.6 Å². The zero-order valence-electron chi connectivity index (χ0n) is 5.94. The number of nitrogens with zero attached hydrogens (tertiary/aromatic N) is 1. The summed E-state index contributed by atoms with van der Waals surface area (Å²) < 4.78 is 0. The van der Waals surface area contributed by atoms with E-state index in [0.29, 0.717) is 0 Å². The third-order valence-electron chi connectivity index (χ3n) is 2.14. The molecule has 1 nitrogen and oxygen atoms in total. The molecule has 9 heavy (non-hydrogen) atoms. The lowest BCUT2D eigenvalue weighted by Crippen LogP contribution is -2.38. The molecule has 0 N–H and O–H groups in total. The molecule has 54 valence electrons. The van der Waals surface area contributed by atoms with Gasteiger partial charge in [0.1, 0.15) is 0 Å². The van der Waals surface area contributed by atoms with Gasteiger partial charge in [-0.3, -0.25) is 0 Å². The molecule has 0 spiro atoms. The van der Waals surface area contributed by atoms with Crippen LogP contribution >= 0.6 is 11.6 Å². The zero-order valence-corrected chi connectivity index (χ0v) is 6.69. The highest BCUT2D eigenvalue weighted by Gasteiger charge is 2.20. The van der Waals surface area contributed by atoms with E-state index in [1.807, 2.05) is 0 Å². The predicted molar refractivity (Wildman–Crippen MR) is 41.0 cm³/mol. The van der Waals surface area contributed by atoms with Crippen molar-refractivity contribution in [1.29, 1.82) is 0 Å². The Balaban J connectivity index is 2.08. The van der Waals surface area contributed by atoms with E-state index in [1.165, 1.54) is 19.3 Å². The van der Waals surface area contributed by atoms with Gasteiger partial charge in [-0.05, 0) is 19.9 Å². The van der Waals surface area contributed by atoms with Crippen molar-refractivity contribution in [3.63, 3.8) is 0 Å². The van der Waals surface area contributed by atoms with Crippen molar-refractivity contribution in [3.8, 4) is 0 Å². The fraction of sp³-hybridized carbons (Fsp3) is 1.00. The summed E-state index contributed by atoms with van der Waals surface area (Å²) in [6.07, 6.45) is 4.18. The molecule has 0 amide bonds. The Kier molecular flexibility index (Phi) is 2.80. The van der Waals surface area contributed by atoms with Crippen LogP contribution in [0.15, 0.2) is 0 Å². The normalized spacial score (nSPS) is 20.3. The minimum absolute atomic E-state index is 0.771. The van der Waals surface area contributed by atoms with Crippen LogP contribution in [0.3, 0.4) is 0 Å². The van der Waals surface area contributed by atoms with Crippen molar-refractivity contribution < 1.29 is 0 Å². The second-order valence-corrected chi connectivity index (χ2v) is 3.13. The average molecular weight is 148 g/mol. The monoisotopic (exact) mass is 147 g/mol. The van der Waals surface area contributed by atoms with Crippen molar-refractivity contribution in [1.82, 2.24) is 4.90 Å². The molecule has 1 saturated carbocycles. The van der Waals surface area contributed by atoms with Crippen LogP contribution in [0.2, 0.25) is 0 Å². The summed E-state index contributed by atoms with van der Waals surface area (Å²) in [5, 5.41) is 0. The zero-order chi connectivity index (χ0) is 6.69. The smallest absolute Gasteiger partial charge is 0.0351 e. The van der Waals surface area contributed by atoms with Gasteiger partial charge in [0.2, 0.25) is 0 Å². The molecule has 0 atom stereocenters. The van der Waals surface area contributed by atoms with Crippen LogP contribution in [0, 0.1) is 0 Å². The Bertz CT molecular complexity index is 81.0. The molecule has 1 fully saturated rings. The third-order valence-corrected chi connectivity index (χ3v) is 2.30. The van der Waals surface area contributed by atoms with Crippen molar-refractivity contribution in [2.75, 3.05) is 19.5 Å². The van der Waals surface area contributed by atoms with Gasteiger partial charge in [0.15, 0.2) is 0 Å². The summed E-state index contributed by atoms with van der Waals surface area (Å²) in [7, 11) is 2.16. The van der Waals surface area contributed by atoms with Crippen LogP contribution in [0.1, 0.15) is 19.3 Å². The van der Waals surface area contributed by atoms with Crippen LogP contribution in [0.4, 0.5) is 0 Å². The molecule has 0 saturated heterocycles. The van der Waals surface area contributed by atoms with Gasteiger partial charge in [0.05, 0.1) is 0 Å². The number of alkyl halides is 1. The topological polar surface area (TPSA) is 3.24 Å². The van der Waals surface area contributed by atoms with Crippen LogP contribution in [0.5, 0.6) is 0 Å². The molecule has 1 aliphatic carbocycles. The highest BCUT2D eigenvalue weighted by molar-refractivity contribution is 6.18. The maximum Gasteiger partial charge on any atom is 0.0351 e. The number of hydrogen-bond acceptors (Lipinski definition) is 1. The first kappa shape index (κ1) is 7.36. The third kappa shape index (κ3) is 1.84. The van der Waals surface area contributed by atoms with Gasteiger partial charge in [0.25, 0.3) is 0 Å². The lowest BCUT2D eigenvalue weighted by molar-refractivity contribution is 0.168. The molecule has 0 heterocycles. The SMILES string of the molecule is CN(CCCl)C1CCC1. The summed E-state index contributed by atoms with van der Waals surface area (Å²) in [4.78, 5) is 2.36. The lowest BCUT2D eigenvalue weighted by Gasteiger charge is -2.34. The molecule has 0 unspecified atom stereocenters. The number of halogens is 1. The quantitative estimate of drug-likeness (QED) is 0.550. The largest absolute Gasteiger partial charge is 0.302 e. The van der Waals surface area contributed by atoms with E-state index in [4.69, 9.17) is 11.6 Å². The van der Waals surface area contributed by atoms with Crippen LogP contribution in [-0.4, -0.2) is 30.4 Å². The Hall–Kier alpha value is 0.250.